The largest absolute Gasteiger partial charge is 0.295 e. The molecule has 0 aliphatic heterocycles. The number of Topliss-reactive ketones (excluding diaryl/α,β-unsaturated/α-hetero) is 1. The van der Waals surface area contributed by atoms with Gasteiger partial charge in [-0.05, 0) is 19.1 Å². The molecular formula is C10H7FN2OS2. The van der Waals surface area contributed by atoms with Gasteiger partial charge in [-0.2, -0.15) is 0 Å². The van der Waals surface area contributed by atoms with E-state index in [1.54, 1.807) is 17.6 Å². The van der Waals surface area contributed by atoms with E-state index in [1.807, 2.05) is 0 Å². The van der Waals surface area contributed by atoms with Gasteiger partial charge in [0.2, 0.25) is 0 Å². The molecule has 0 fully saturated rings. The van der Waals surface area contributed by atoms with Crippen molar-refractivity contribution in [3.63, 3.8) is 0 Å². The van der Waals surface area contributed by atoms with Gasteiger partial charge in [-0.25, -0.2) is 4.39 Å². The summed E-state index contributed by atoms with van der Waals surface area (Å²) in [6.45, 7) is 1.41. The Morgan fingerprint density at radius 2 is 2.31 bits per heavy atom. The maximum Gasteiger partial charge on any atom is 0.178 e. The molecule has 0 aliphatic carbocycles. The van der Waals surface area contributed by atoms with Crippen molar-refractivity contribution in [1.29, 1.82) is 0 Å². The molecule has 0 atom stereocenters. The molecule has 0 saturated heterocycles. The highest BCUT2D eigenvalue weighted by Crippen LogP contribution is 2.30. The first-order valence-electron chi connectivity index (χ1n) is 4.41. The highest BCUT2D eigenvalue weighted by molar-refractivity contribution is 8.01. The summed E-state index contributed by atoms with van der Waals surface area (Å²) >= 11 is 2.54. The Balaban J connectivity index is 2.26. The van der Waals surface area contributed by atoms with E-state index in [9.17, 15) is 9.18 Å². The van der Waals surface area contributed by atoms with Gasteiger partial charge in [0.25, 0.3) is 0 Å². The number of benzene rings is 1. The molecule has 0 unspecified atom stereocenters. The zero-order chi connectivity index (χ0) is 11.5. The molecule has 0 aliphatic rings. The fourth-order valence-electron chi connectivity index (χ4n) is 1.10. The van der Waals surface area contributed by atoms with E-state index < -0.39 is 5.82 Å². The predicted molar refractivity (Wildman–Crippen MR) is 60.4 cm³/mol. The summed E-state index contributed by atoms with van der Waals surface area (Å²) in [7, 11) is 0. The minimum Gasteiger partial charge on any atom is -0.295 e. The molecule has 2 aromatic rings. The van der Waals surface area contributed by atoms with Crippen molar-refractivity contribution in [2.24, 2.45) is 0 Å². The zero-order valence-corrected chi connectivity index (χ0v) is 9.94. The van der Waals surface area contributed by atoms with Gasteiger partial charge >= 0.3 is 0 Å². The summed E-state index contributed by atoms with van der Waals surface area (Å²) in [4.78, 5) is 11.5. The Labute approximate surface area is 99.7 Å². The van der Waals surface area contributed by atoms with Crippen LogP contribution in [-0.4, -0.2) is 16.0 Å². The van der Waals surface area contributed by atoms with Crippen molar-refractivity contribution < 1.29 is 9.18 Å². The second kappa shape index (κ2) is 4.71. The molecule has 0 amide bonds. The van der Waals surface area contributed by atoms with Crippen molar-refractivity contribution in [2.45, 2.75) is 16.2 Å². The molecule has 2 rings (SSSR count). The van der Waals surface area contributed by atoms with Crippen molar-refractivity contribution in [3.8, 4) is 0 Å². The quantitative estimate of drug-likeness (QED) is 0.790. The van der Waals surface area contributed by atoms with Crippen molar-refractivity contribution >= 4 is 28.9 Å². The Morgan fingerprint density at radius 3 is 2.88 bits per heavy atom. The molecule has 0 radical (unpaired) electrons. The average molecular weight is 254 g/mol. The van der Waals surface area contributed by atoms with E-state index in [0.29, 0.717) is 14.8 Å². The fraction of sp³-hybridized carbons (Fsp3) is 0.100. The normalized spacial score (nSPS) is 10.4. The van der Waals surface area contributed by atoms with Crippen LogP contribution in [-0.2, 0) is 0 Å². The van der Waals surface area contributed by atoms with Crippen molar-refractivity contribution in [1.82, 2.24) is 10.2 Å². The first-order valence-corrected chi connectivity index (χ1v) is 6.11. The molecule has 0 spiro atoms. The van der Waals surface area contributed by atoms with Gasteiger partial charge in [0.15, 0.2) is 10.1 Å². The summed E-state index contributed by atoms with van der Waals surface area (Å²) in [5.41, 5.74) is 1.96. The highest BCUT2D eigenvalue weighted by Gasteiger charge is 2.09. The first-order chi connectivity index (χ1) is 7.66. The molecule has 0 bridgehead atoms. The van der Waals surface area contributed by atoms with Crippen LogP contribution in [0.3, 0.4) is 0 Å². The summed E-state index contributed by atoms with van der Waals surface area (Å²) in [6.07, 6.45) is 0. The summed E-state index contributed by atoms with van der Waals surface area (Å²) in [5, 5.41) is 7.47. The number of carbonyl (C=O) groups is 1. The average Bonchev–Trinajstić information content (AvgIpc) is 2.73. The van der Waals surface area contributed by atoms with Gasteiger partial charge in [0.1, 0.15) is 11.3 Å². The Hall–Kier alpha value is -1.27. The number of hydrogen-bond acceptors (Lipinski definition) is 5. The van der Waals surface area contributed by atoms with Crippen LogP contribution in [0.2, 0.25) is 0 Å². The Bertz CT molecular complexity index is 514. The van der Waals surface area contributed by atoms with Gasteiger partial charge in [-0.15, -0.1) is 10.2 Å². The second-order valence-corrected chi connectivity index (χ2v) is 5.13. The number of aromatic nitrogens is 2. The lowest BCUT2D eigenvalue weighted by atomic mass is 10.1. The predicted octanol–water partition coefficient (Wildman–Crippen LogP) is 3.03. The maximum atomic E-state index is 13.6. The monoisotopic (exact) mass is 254 g/mol. The first kappa shape index (κ1) is 11.2. The van der Waals surface area contributed by atoms with Crippen molar-refractivity contribution in [2.75, 3.05) is 0 Å². The molecule has 1 aromatic heterocycles. The van der Waals surface area contributed by atoms with Crippen LogP contribution in [0.5, 0.6) is 0 Å². The van der Waals surface area contributed by atoms with Crippen LogP contribution in [0.25, 0.3) is 0 Å². The number of nitrogens with zero attached hydrogens (tertiary/aromatic N) is 2. The second-order valence-electron chi connectivity index (χ2n) is 3.01. The van der Waals surface area contributed by atoms with E-state index in [4.69, 9.17) is 0 Å². The maximum absolute atomic E-state index is 13.6. The van der Waals surface area contributed by atoms with Crippen LogP contribution in [0.4, 0.5) is 4.39 Å². The summed E-state index contributed by atoms with van der Waals surface area (Å²) < 4.78 is 14.3. The number of ketones is 1. The van der Waals surface area contributed by atoms with Crippen LogP contribution in [0.15, 0.2) is 32.9 Å². The lowest BCUT2D eigenvalue weighted by Crippen LogP contribution is -1.93. The zero-order valence-electron chi connectivity index (χ0n) is 8.31. The van der Waals surface area contributed by atoms with Gasteiger partial charge < -0.3 is 0 Å². The summed E-state index contributed by atoms with van der Waals surface area (Å²) in [6, 6.07) is 4.43. The van der Waals surface area contributed by atoms with Gasteiger partial charge in [-0.1, -0.05) is 29.2 Å². The number of halogens is 1. The van der Waals surface area contributed by atoms with Gasteiger partial charge in [-0.3, -0.25) is 4.79 Å². The van der Waals surface area contributed by atoms with Crippen molar-refractivity contribution in [3.05, 3.63) is 35.1 Å². The molecule has 3 nitrogen and oxygen atoms in total. The van der Waals surface area contributed by atoms with Gasteiger partial charge in [0, 0.05) is 5.56 Å². The lowest BCUT2D eigenvalue weighted by Gasteiger charge is -2.01. The SMILES string of the molecule is CC(=O)c1ccc(Sc2nncs2)c(F)c1. The van der Waals surface area contributed by atoms with Crippen LogP contribution in [0.1, 0.15) is 17.3 Å². The smallest absolute Gasteiger partial charge is 0.178 e. The fourth-order valence-corrected chi connectivity index (χ4v) is 2.54. The highest BCUT2D eigenvalue weighted by atomic mass is 32.2. The minimum atomic E-state index is -0.409. The standard InChI is InChI=1S/C10H7FN2OS2/c1-6(14)7-2-3-9(8(11)4-7)16-10-13-12-5-15-10/h2-5H,1H3. The Morgan fingerprint density at radius 1 is 1.50 bits per heavy atom. The number of hydrogen-bond donors (Lipinski definition) is 0. The molecule has 0 N–H and O–H groups in total. The number of carbonyl (C=O) groups excluding carboxylic acids is 1. The van der Waals surface area contributed by atoms with E-state index in [2.05, 4.69) is 10.2 Å². The van der Waals surface area contributed by atoms with E-state index in [-0.39, 0.29) is 5.78 Å². The third kappa shape index (κ3) is 2.45. The van der Waals surface area contributed by atoms with Crippen LogP contribution >= 0.6 is 23.1 Å². The third-order valence-electron chi connectivity index (χ3n) is 1.88. The van der Waals surface area contributed by atoms with E-state index >= 15 is 0 Å². The molecule has 82 valence electrons. The van der Waals surface area contributed by atoms with Crippen LogP contribution in [0, 0.1) is 5.82 Å². The molecule has 1 heterocycles. The number of rotatable bonds is 3. The lowest BCUT2D eigenvalue weighted by molar-refractivity contribution is 0.101. The van der Waals surface area contributed by atoms with Gasteiger partial charge in [0.05, 0.1) is 4.90 Å². The van der Waals surface area contributed by atoms with E-state index in [0.717, 1.165) is 0 Å². The molecule has 6 heteroatoms. The minimum absolute atomic E-state index is 0.147. The molecular weight excluding hydrogens is 247 g/mol. The van der Waals surface area contributed by atoms with E-state index in [1.165, 1.54) is 36.1 Å². The third-order valence-corrected chi connectivity index (χ3v) is 3.70. The molecule has 0 saturated carbocycles. The molecule has 16 heavy (non-hydrogen) atoms. The Kier molecular flexibility index (Phi) is 3.31. The van der Waals surface area contributed by atoms with Crippen LogP contribution < -0.4 is 0 Å². The topological polar surface area (TPSA) is 42.9 Å². The molecule has 1 aromatic carbocycles. The summed E-state index contributed by atoms with van der Waals surface area (Å²) in [5.74, 6) is -0.556.